The third-order valence-corrected chi connectivity index (χ3v) is 6.50. The zero-order chi connectivity index (χ0) is 23.9. The molecule has 2 aliphatic heterocycles. The first-order valence-electron chi connectivity index (χ1n) is 11.0. The molecule has 2 atom stereocenters. The summed E-state index contributed by atoms with van der Waals surface area (Å²) in [6.07, 6.45) is 3.68. The average Bonchev–Trinajstić information content (AvgIpc) is 3.62. The summed E-state index contributed by atoms with van der Waals surface area (Å²) in [5, 5.41) is 13.5. The van der Waals surface area contributed by atoms with E-state index in [0.29, 0.717) is 16.6 Å². The molecule has 0 amide bonds. The molecule has 35 heavy (non-hydrogen) atoms. The van der Waals surface area contributed by atoms with Crippen LogP contribution in [0.4, 0.5) is 5.69 Å². The predicted octanol–water partition coefficient (Wildman–Crippen LogP) is 4.48. The van der Waals surface area contributed by atoms with Gasteiger partial charge in [-0.3, -0.25) is 4.98 Å². The molecule has 6 rings (SSSR count). The summed E-state index contributed by atoms with van der Waals surface area (Å²) in [7, 11) is 0. The molecule has 0 bridgehead atoms. The molecule has 174 valence electrons. The first-order valence-corrected chi connectivity index (χ1v) is 11.4. The number of nitrogens with zero attached hydrogens (tertiary/aromatic N) is 3. The van der Waals surface area contributed by atoms with Crippen molar-refractivity contribution >= 4 is 29.0 Å². The van der Waals surface area contributed by atoms with Crippen molar-refractivity contribution in [3.8, 4) is 17.2 Å². The van der Waals surface area contributed by atoms with Gasteiger partial charge in [0.1, 0.15) is 6.04 Å². The van der Waals surface area contributed by atoms with Crippen LogP contribution in [-0.4, -0.2) is 32.5 Å². The third kappa shape index (κ3) is 3.66. The topological polar surface area (TPSA) is 88.8 Å². The number of hydrogen-bond donors (Lipinski definition) is 2. The normalized spacial score (nSPS) is 18.5. The molecule has 2 aliphatic rings. The van der Waals surface area contributed by atoms with Gasteiger partial charge in [0.25, 0.3) is 0 Å². The Bertz CT molecular complexity index is 1440. The predicted molar refractivity (Wildman–Crippen MR) is 133 cm³/mol. The van der Waals surface area contributed by atoms with Gasteiger partial charge in [-0.15, -0.1) is 0 Å². The van der Waals surface area contributed by atoms with E-state index in [-0.39, 0.29) is 24.4 Å². The fourth-order valence-electron chi connectivity index (χ4n) is 4.63. The summed E-state index contributed by atoms with van der Waals surface area (Å²) in [5.74, 6) is 0.381. The summed E-state index contributed by atoms with van der Waals surface area (Å²) >= 11 is 5.82. The van der Waals surface area contributed by atoms with Crippen LogP contribution in [0.3, 0.4) is 0 Å². The monoisotopic (exact) mass is 484 g/mol. The van der Waals surface area contributed by atoms with Crippen LogP contribution < -0.4 is 19.7 Å². The average molecular weight is 485 g/mol. The highest BCUT2D eigenvalue weighted by Crippen LogP contribution is 2.44. The first kappa shape index (κ1) is 21.2. The Balaban J connectivity index is 1.50. The number of carboxylic acid groups (broad SMARTS) is 1. The van der Waals surface area contributed by atoms with Crippen LogP contribution in [0.25, 0.3) is 5.69 Å². The smallest absolute Gasteiger partial charge is 0.335 e. The van der Waals surface area contributed by atoms with Gasteiger partial charge in [0.2, 0.25) is 6.79 Å². The number of fused-ring (bicyclic) bond motifs is 1. The number of carboxylic acids is 1. The van der Waals surface area contributed by atoms with Gasteiger partial charge >= 0.3 is 5.97 Å². The number of nitrogens with one attached hydrogen (secondary N) is 1. The molecule has 2 aromatic heterocycles. The number of thiocarbonyl (C=S) groups is 1. The van der Waals surface area contributed by atoms with Crippen molar-refractivity contribution in [1.82, 2.24) is 14.9 Å². The lowest BCUT2D eigenvalue weighted by Gasteiger charge is -2.29. The molecule has 0 spiro atoms. The molecule has 2 N–H and O–H groups in total. The van der Waals surface area contributed by atoms with Crippen molar-refractivity contribution in [1.29, 1.82) is 0 Å². The minimum atomic E-state index is -0.974. The lowest BCUT2D eigenvalue weighted by Crippen LogP contribution is -2.30. The first-order chi connectivity index (χ1) is 17.1. The van der Waals surface area contributed by atoms with E-state index in [0.717, 1.165) is 22.8 Å². The molecule has 0 radical (unpaired) electrons. The van der Waals surface area contributed by atoms with Crippen molar-refractivity contribution in [2.24, 2.45) is 0 Å². The van der Waals surface area contributed by atoms with Gasteiger partial charge in [-0.1, -0.05) is 12.1 Å². The van der Waals surface area contributed by atoms with Crippen molar-refractivity contribution in [3.05, 3.63) is 102 Å². The van der Waals surface area contributed by atoms with Gasteiger partial charge in [-0.2, -0.15) is 0 Å². The minimum absolute atomic E-state index is 0.185. The fraction of sp³-hybridized carbons (Fsp3) is 0.115. The van der Waals surface area contributed by atoms with Gasteiger partial charge in [0.15, 0.2) is 16.6 Å². The number of aromatic nitrogens is 2. The minimum Gasteiger partial charge on any atom is -0.478 e. The van der Waals surface area contributed by atoms with E-state index in [1.165, 1.54) is 0 Å². The highest BCUT2D eigenvalue weighted by Gasteiger charge is 2.42. The van der Waals surface area contributed by atoms with Crippen LogP contribution in [0.5, 0.6) is 11.5 Å². The van der Waals surface area contributed by atoms with Gasteiger partial charge in [-0.25, -0.2) is 4.79 Å². The lowest BCUT2D eigenvalue weighted by atomic mass is 10.0. The van der Waals surface area contributed by atoms with E-state index in [1.54, 1.807) is 24.4 Å². The second-order valence-corrected chi connectivity index (χ2v) is 8.58. The number of carbonyl (C=O) groups is 1. The summed E-state index contributed by atoms with van der Waals surface area (Å²) < 4.78 is 13.1. The number of hydrogen-bond acceptors (Lipinski definition) is 5. The SMILES string of the molecule is O=C(O)c1cccc(-n2cccc2C2C(c3ccccn3)NC(=S)N2c2ccc3c(c2)OCO3)c1. The summed E-state index contributed by atoms with van der Waals surface area (Å²) in [4.78, 5) is 18.2. The van der Waals surface area contributed by atoms with Crippen molar-refractivity contribution in [2.45, 2.75) is 12.1 Å². The Hall–Kier alpha value is -4.37. The number of rotatable bonds is 5. The third-order valence-electron chi connectivity index (χ3n) is 6.19. The molecule has 2 aromatic carbocycles. The second-order valence-electron chi connectivity index (χ2n) is 8.19. The van der Waals surface area contributed by atoms with Crippen LogP contribution in [0.15, 0.2) is 85.2 Å². The van der Waals surface area contributed by atoms with Gasteiger partial charge in [0, 0.05) is 35.5 Å². The molecule has 2 unspecified atom stereocenters. The quantitative estimate of drug-likeness (QED) is 0.401. The van der Waals surface area contributed by atoms with Crippen LogP contribution in [-0.2, 0) is 0 Å². The van der Waals surface area contributed by atoms with Crippen LogP contribution in [0.2, 0.25) is 0 Å². The largest absolute Gasteiger partial charge is 0.478 e. The highest BCUT2D eigenvalue weighted by molar-refractivity contribution is 7.80. The van der Waals surface area contributed by atoms with Crippen LogP contribution in [0, 0.1) is 0 Å². The van der Waals surface area contributed by atoms with Crippen molar-refractivity contribution in [3.63, 3.8) is 0 Å². The van der Waals surface area contributed by atoms with E-state index in [2.05, 4.69) is 10.3 Å². The molecular formula is C26H20N4O4S. The van der Waals surface area contributed by atoms with Gasteiger partial charge in [0.05, 0.1) is 17.3 Å². The Morgan fingerprint density at radius 2 is 1.89 bits per heavy atom. The molecule has 0 aliphatic carbocycles. The number of pyridine rings is 1. The standard InChI is InChI=1S/C26H20N4O4S/c31-25(32)16-5-3-6-17(13-16)29-12-4-8-20(29)24-23(19-7-1-2-11-27-19)28-26(35)30(24)18-9-10-21-22(14-18)34-15-33-21/h1-14,23-24H,15H2,(H,28,35)(H,31,32). The Kier molecular flexibility index (Phi) is 5.11. The summed E-state index contributed by atoms with van der Waals surface area (Å²) in [6, 6.07) is 21.8. The summed E-state index contributed by atoms with van der Waals surface area (Å²) in [5.41, 5.74) is 3.58. The van der Waals surface area contributed by atoms with Crippen LogP contribution in [0.1, 0.15) is 33.8 Å². The number of anilines is 1. The maximum Gasteiger partial charge on any atom is 0.335 e. The molecule has 0 saturated carbocycles. The molecule has 4 aromatic rings. The van der Waals surface area contributed by atoms with Gasteiger partial charge in [-0.05, 0) is 66.8 Å². The Morgan fingerprint density at radius 3 is 2.71 bits per heavy atom. The molecular weight excluding hydrogens is 464 g/mol. The molecule has 4 heterocycles. The molecule has 1 saturated heterocycles. The van der Waals surface area contributed by atoms with E-state index < -0.39 is 5.97 Å². The number of aromatic carboxylic acids is 1. The number of ether oxygens (including phenoxy) is 2. The molecule has 1 fully saturated rings. The zero-order valence-electron chi connectivity index (χ0n) is 18.4. The van der Waals surface area contributed by atoms with E-state index >= 15 is 0 Å². The fourth-order valence-corrected chi connectivity index (χ4v) is 4.97. The van der Waals surface area contributed by atoms with Gasteiger partial charge < -0.3 is 29.4 Å². The number of benzene rings is 2. The highest BCUT2D eigenvalue weighted by atomic mass is 32.1. The van der Waals surface area contributed by atoms with Crippen LogP contribution >= 0.6 is 12.2 Å². The zero-order valence-corrected chi connectivity index (χ0v) is 19.2. The van der Waals surface area contributed by atoms with E-state index in [4.69, 9.17) is 21.7 Å². The maximum absolute atomic E-state index is 11.6. The summed E-state index contributed by atoms with van der Waals surface area (Å²) in [6.45, 7) is 0.185. The Morgan fingerprint density at radius 1 is 1.00 bits per heavy atom. The Labute approximate surface area is 206 Å². The van der Waals surface area contributed by atoms with Crippen molar-refractivity contribution < 1.29 is 19.4 Å². The van der Waals surface area contributed by atoms with E-state index in [9.17, 15) is 9.90 Å². The van der Waals surface area contributed by atoms with E-state index in [1.807, 2.05) is 70.3 Å². The van der Waals surface area contributed by atoms with Crippen molar-refractivity contribution in [2.75, 3.05) is 11.7 Å². The second kappa shape index (κ2) is 8.44. The maximum atomic E-state index is 11.6. The molecule has 8 nitrogen and oxygen atoms in total. The lowest BCUT2D eigenvalue weighted by molar-refractivity contribution is 0.0697. The molecule has 9 heteroatoms.